The van der Waals surface area contributed by atoms with E-state index in [0.717, 1.165) is 19.6 Å². The molecule has 1 fully saturated rings. The lowest BCUT2D eigenvalue weighted by Gasteiger charge is -2.24. The molecule has 0 aromatic carbocycles. The largest absolute Gasteiger partial charge is 0.481 e. The fourth-order valence-corrected chi connectivity index (χ4v) is 0.779. The Bertz CT molecular complexity index is 107. The zero-order valence-electron chi connectivity index (χ0n) is 5.17. The average molecular weight is 130 g/mol. The van der Waals surface area contributed by atoms with Gasteiger partial charge in [0.15, 0.2) is 0 Å². The van der Waals surface area contributed by atoms with E-state index < -0.39 is 5.97 Å². The number of hydrogen-bond donors (Lipinski definition) is 1. The molecule has 9 heavy (non-hydrogen) atoms. The summed E-state index contributed by atoms with van der Waals surface area (Å²) in [5.74, 6) is -0.192. The normalized spacial score (nSPS) is 19.1. The fraction of sp³-hybridized carbons (Fsp3) is 0.833. The van der Waals surface area contributed by atoms with Crippen LogP contribution in [0.15, 0.2) is 0 Å². The van der Waals surface area contributed by atoms with Crippen LogP contribution in [0.1, 0.15) is 12.8 Å². The second kappa shape index (κ2) is 2.82. The molecule has 1 aliphatic rings. The molecular weight excluding hydrogens is 120 g/mol. The number of ether oxygens (including phenoxy) is 1. The van der Waals surface area contributed by atoms with Gasteiger partial charge >= 0.3 is 5.97 Å². The summed E-state index contributed by atoms with van der Waals surface area (Å²) in [5.41, 5.74) is 0. The molecule has 1 rings (SSSR count). The molecule has 0 saturated carbocycles. The van der Waals surface area contributed by atoms with Crippen LogP contribution >= 0.6 is 0 Å². The smallest absolute Gasteiger partial charge is 0.303 e. The van der Waals surface area contributed by atoms with Crippen molar-refractivity contribution in [1.29, 1.82) is 0 Å². The van der Waals surface area contributed by atoms with Crippen LogP contribution in [0.3, 0.4) is 0 Å². The van der Waals surface area contributed by atoms with Crippen molar-refractivity contribution in [3.8, 4) is 0 Å². The highest BCUT2D eigenvalue weighted by atomic mass is 16.5. The van der Waals surface area contributed by atoms with Crippen LogP contribution in [-0.2, 0) is 9.53 Å². The summed E-state index contributed by atoms with van der Waals surface area (Å²) in [6.45, 7) is 1.51. The number of carbonyl (C=O) groups is 1. The molecule has 1 N–H and O–H groups in total. The van der Waals surface area contributed by atoms with Crippen molar-refractivity contribution in [3.05, 3.63) is 0 Å². The van der Waals surface area contributed by atoms with Gasteiger partial charge < -0.3 is 9.84 Å². The van der Waals surface area contributed by atoms with Gasteiger partial charge in [-0.15, -0.1) is 0 Å². The molecule has 0 bridgehead atoms. The van der Waals surface area contributed by atoms with E-state index >= 15 is 0 Å². The van der Waals surface area contributed by atoms with E-state index in [1.165, 1.54) is 0 Å². The quantitative estimate of drug-likeness (QED) is 0.605. The molecule has 0 unspecified atom stereocenters. The molecule has 0 atom stereocenters. The predicted octanol–water partition coefficient (Wildman–Crippen LogP) is 0.498. The second-order valence-electron chi connectivity index (χ2n) is 2.34. The first-order valence-corrected chi connectivity index (χ1v) is 3.08. The van der Waals surface area contributed by atoms with E-state index in [0.29, 0.717) is 5.92 Å². The number of carboxylic acids is 1. The van der Waals surface area contributed by atoms with Gasteiger partial charge in [0.2, 0.25) is 0 Å². The van der Waals surface area contributed by atoms with E-state index in [1.54, 1.807) is 0 Å². The molecule has 0 amide bonds. The Kier molecular flexibility index (Phi) is 2.05. The third kappa shape index (κ3) is 2.01. The summed E-state index contributed by atoms with van der Waals surface area (Å²) in [5, 5.41) is 8.24. The van der Waals surface area contributed by atoms with Crippen molar-refractivity contribution in [1.82, 2.24) is 0 Å². The standard InChI is InChI=1S/C6H10O3/c7-6(8)2-1-5-3-9-4-5/h5H,1-4H2,(H,7,8). The lowest BCUT2D eigenvalue weighted by Crippen LogP contribution is -2.27. The monoisotopic (exact) mass is 130 g/mol. The average Bonchev–Trinajstić information content (AvgIpc) is 1.60. The van der Waals surface area contributed by atoms with Crippen LogP contribution < -0.4 is 0 Å². The van der Waals surface area contributed by atoms with Crippen LogP contribution in [0, 0.1) is 5.92 Å². The Labute approximate surface area is 53.6 Å². The highest BCUT2D eigenvalue weighted by Crippen LogP contribution is 2.15. The van der Waals surface area contributed by atoms with Crippen LogP contribution in [0.25, 0.3) is 0 Å². The van der Waals surface area contributed by atoms with Gasteiger partial charge in [-0.05, 0) is 6.42 Å². The minimum Gasteiger partial charge on any atom is -0.481 e. The zero-order chi connectivity index (χ0) is 6.69. The second-order valence-corrected chi connectivity index (χ2v) is 2.34. The Balaban J connectivity index is 1.97. The lowest BCUT2D eigenvalue weighted by molar-refractivity contribution is -0.138. The van der Waals surface area contributed by atoms with Gasteiger partial charge in [-0.25, -0.2) is 0 Å². The molecule has 0 spiro atoms. The maximum atomic E-state index is 10.0. The van der Waals surface area contributed by atoms with Gasteiger partial charge in [0.1, 0.15) is 0 Å². The van der Waals surface area contributed by atoms with E-state index in [2.05, 4.69) is 0 Å². The Hall–Kier alpha value is -0.570. The van der Waals surface area contributed by atoms with Crippen molar-refractivity contribution in [3.63, 3.8) is 0 Å². The van der Waals surface area contributed by atoms with E-state index in [-0.39, 0.29) is 6.42 Å². The SMILES string of the molecule is O=C(O)CCC1COC1. The van der Waals surface area contributed by atoms with Gasteiger partial charge in [-0.3, -0.25) is 4.79 Å². The Morgan fingerprint density at radius 3 is 2.67 bits per heavy atom. The molecule has 0 aromatic heterocycles. The molecule has 1 aliphatic heterocycles. The maximum Gasteiger partial charge on any atom is 0.303 e. The topological polar surface area (TPSA) is 46.5 Å². The minimum absolute atomic E-state index is 0.286. The van der Waals surface area contributed by atoms with Crippen LogP contribution in [0.4, 0.5) is 0 Å². The first kappa shape index (κ1) is 6.55. The fourth-order valence-electron chi connectivity index (χ4n) is 0.779. The molecule has 1 heterocycles. The third-order valence-corrected chi connectivity index (χ3v) is 1.47. The van der Waals surface area contributed by atoms with Gasteiger partial charge in [0.05, 0.1) is 13.2 Å². The van der Waals surface area contributed by atoms with Gasteiger partial charge in [0.25, 0.3) is 0 Å². The molecule has 1 saturated heterocycles. The van der Waals surface area contributed by atoms with Crippen molar-refractivity contribution in [2.75, 3.05) is 13.2 Å². The molecule has 0 aliphatic carbocycles. The summed E-state index contributed by atoms with van der Waals surface area (Å²) < 4.78 is 4.87. The highest BCUT2D eigenvalue weighted by Gasteiger charge is 2.18. The van der Waals surface area contributed by atoms with Crippen LogP contribution in [0.5, 0.6) is 0 Å². The minimum atomic E-state index is -0.707. The first-order valence-electron chi connectivity index (χ1n) is 3.08. The van der Waals surface area contributed by atoms with Crippen LogP contribution in [0.2, 0.25) is 0 Å². The number of rotatable bonds is 3. The summed E-state index contributed by atoms with van der Waals surface area (Å²) >= 11 is 0. The highest BCUT2D eigenvalue weighted by molar-refractivity contribution is 5.66. The van der Waals surface area contributed by atoms with Gasteiger partial charge in [-0.2, -0.15) is 0 Å². The predicted molar refractivity (Wildman–Crippen MR) is 31.2 cm³/mol. The van der Waals surface area contributed by atoms with Crippen molar-refractivity contribution in [2.45, 2.75) is 12.8 Å². The molecule has 52 valence electrons. The van der Waals surface area contributed by atoms with Crippen molar-refractivity contribution >= 4 is 5.97 Å². The van der Waals surface area contributed by atoms with Gasteiger partial charge in [-0.1, -0.05) is 0 Å². The Morgan fingerprint density at radius 2 is 2.33 bits per heavy atom. The number of hydrogen-bond acceptors (Lipinski definition) is 2. The zero-order valence-corrected chi connectivity index (χ0v) is 5.17. The van der Waals surface area contributed by atoms with E-state index in [1.807, 2.05) is 0 Å². The van der Waals surface area contributed by atoms with Gasteiger partial charge in [0, 0.05) is 12.3 Å². The number of carboxylic acid groups (broad SMARTS) is 1. The molecule has 0 aromatic rings. The summed E-state index contributed by atoms with van der Waals surface area (Å²) in [4.78, 5) is 10.0. The summed E-state index contributed by atoms with van der Waals surface area (Å²) in [6, 6.07) is 0. The van der Waals surface area contributed by atoms with Crippen molar-refractivity contribution in [2.24, 2.45) is 5.92 Å². The first-order chi connectivity index (χ1) is 4.29. The number of aliphatic carboxylic acids is 1. The third-order valence-electron chi connectivity index (χ3n) is 1.47. The summed E-state index contributed by atoms with van der Waals surface area (Å²) in [6.07, 6.45) is 1.06. The maximum absolute atomic E-state index is 10.0. The lowest BCUT2D eigenvalue weighted by atomic mass is 10.0. The van der Waals surface area contributed by atoms with E-state index in [4.69, 9.17) is 9.84 Å². The van der Waals surface area contributed by atoms with E-state index in [9.17, 15) is 4.79 Å². The Morgan fingerprint density at radius 1 is 1.67 bits per heavy atom. The summed E-state index contributed by atoms with van der Waals surface area (Å²) in [7, 11) is 0. The molecule has 3 nitrogen and oxygen atoms in total. The molecule has 3 heteroatoms. The van der Waals surface area contributed by atoms with Crippen LogP contribution in [-0.4, -0.2) is 24.3 Å². The molecular formula is C6H10O3. The van der Waals surface area contributed by atoms with Crippen molar-refractivity contribution < 1.29 is 14.6 Å². The molecule has 0 radical (unpaired) electrons.